The van der Waals surface area contributed by atoms with E-state index in [1.165, 1.54) is 0 Å². The summed E-state index contributed by atoms with van der Waals surface area (Å²) in [5, 5.41) is 8.62. The minimum atomic E-state index is -1.92. The molecule has 0 saturated heterocycles. The summed E-state index contributed by atoms with van der Waals surface area (Å²) in [5.74, 6) is -1.30. The number of H-pyrrole nitrogens is 1. The molecule has 0 aliphatic rings. The monoisotopic (exact) mass is 261 g/mol. The van der Waals surface area contributed by atoms with Crippen LogP contribution in [0.5, 0.6) is 0 Å². The third kappa shape index (κ3) is 2.37. The van der Waals surface area contributed by atoms with E-state index in [0.29, 0.717) is 11.3 Å². The molecule has 2 N–H and O–H groups in total. The molecule has 13 heavy (non-hydrogen) atoms. The Hall–Kier alpha value is -0.230. The number of rotatable bonds is 1. The first kappa shape index (κ1) is 10.8. The largest absolute Gasteiger partial charge is 0.477 e. The molecule has 0 aromatic carbocycles. The quantitative estimate of drug-likeness (QED) is 0.760. The van der Waals surface area contributed by atoms with Gasteiger partial charge < -0.3 is 10.1 Å². The van der Waals surface area contributed by atoms with Crippen molar-refractivity contribution in [3.05, 3.63) is 20.2 Å². The van der Waals surface area contributed by atoms with E-state index < -0.39 is 14.6 Å². The molecule has 8 heteroatoms. The van der Waals surface area contributed by atoms with Crippen LogP contribution in [-0.4, -0.2) is 16.1 Å². The van der Waals surface area contributed by atoms with E-state index in [-0.39, 0.29) is 10.6 Å². The van der Waals surface area contributed by atoms with Crippen LogP contribution in [0, 0.1) is 0 Å². The number of aromatic nitrogens is 1. The number of aromatic amines is 1. The molecule has 1 aromatic rings. The lowest BCUT2D eigenvalue weighted by atomic mass is 10.4. The molecule has 0 unspecified atom stereocenters. The number of carboxylic acids is 1. The predicted molar refractivity (Wildman–Crippen MR) is 51.1 cm³/mol. The number of nitrogens with one attached hydrogen (secondary N) is 1. The van der Waals surface area contributed by atoms with Crippen molar-refractivity contribution in [2.75, 3.05) is 0 Å². The minimum Gasteiger partial charge on any atom is -0.477 e. The lowest BCUT2D eigenvalue weighted by Crippen LogP contribution is -2.09. The molecule has 0 radical (unpaired) electrons. The van der Waals surface area contributed by atoms with Crippen LogP contribution in [-0.2, 0) is 3.79 Å². The Morgan fingerprint density at radius 3 is 2.31 bits per heavy atom. The van der Waals surface area contributed by atoms with Crippen LogP contribution in [0.4, 0.5) is 0 Å². The van der Waals surface area contributed by atoms with Gasteiger partial charge in [0.25, 0.3) is 0 Å². The van der Waals surface area contributed by atoms with Crippen LogP contribution >= 0.6 is 46.1 Å². The fraction of sp³-hybridized carbons (Fsp3) is 0.200. The Morgan fingerprint density at radius 2 is 2.00 bits per heavy atom. The zero-order valence-electron chi connectivity index (χ0n) is 5.81. The number of alkyl halides is 3. The standard InChI is InChI=1S/C5H2Cl3NO3S/c6-5(7,8)2-1(3(10)11)13-4(12)9-2/h(H,9,12)(H,10,11). The normalized spacial score (nSPS) is 11.6. The van der Waals surface area contributed by atoms with Crippen LogP contribution in [0.2, 0.25) is 0 Å². The van der Waals surface area contributed by atoms with Crippen molar-refractivity contribution in [1.82, 2.24) is 4.98 Å². The van der Waals surface area contributed by atoms with Crippen LogP contribution in [0.15, 0.2) is 4.79 Å². The molecule has 1 aromatic heterocycles. The molecule has 4 nitrogen and oxygen atoms in total. The van der Waals surface area contributed by atoms with Crippen molar-refractivity contribution in [3.8, 4) is 0 Å². The van der Waals surface area contributed by atoms with Crippen molar-refractivity contribution in [2.45, 2.75) is 3.79 Å². The second-order valence-electron chi connectivity index (χ2n) is 2.02. The summed E-state index contributed by atoms with van der Waals surface area (Å²) in [6.07, 6.45) is 0. The average Bonchev–Trinajstić information content (AvgIpc) is 2.29. The SMILES string of the molecule is O=C(O)c1sc(=O)[nH]c1C(Cl)(Cl)Cl. The van der Waals surface area contributed by atoms with Gasteiger partial charge in [-0.1, -0.05) is 46.1 Å². The topological polar surface area (TPSA) is 70.2 Å². The van der Waals surface area contributed by atoms with Crippen molar-refractivity contribution < 1.29 is 9.90 Å². The van der Waals surface area contributed by atoms with Gasteiger partial charge >= 0.3 is 10.8 Å². The highest BCUT2D eigenvalue weighted by atomic mass is 35.6. The summed E-state index contributed by atoms with van der Waals surface area (Å²) in [5.41, 5.74) is -0.208. The van der Waals surface area contributed by atoms with Gasteiger partial charge in [0, 0.05) is 0 Å². The maximum atomic E-state index is 10.8. The molecule has 72 valence electrons. The Morgan fingerprint density at radius 1 is 1.46 bits per heavy atom. The molecular formula is C5H2Cl3NO3S. The number of hydrogen-bond donors (Lipinski definition) is 2. The van der Waals surface area contributed by atoms with E-state index in [1.54, 1.807) is 0 Å². The first-order valence-corrected chi connectivity index (χ1v) is 4.81. The molecule has 0 atom stereocenters. The number of aromatic carboxylic acids is 1. The summed E-state index contributed by atoms with van der Waals surface area (Å²) < 4.78 is -1.92. The summed E-state index contributed by atoms with van der Waals surface area (Å²) in [4.78, 5) is 22.6. The zero-order chi connectivity index (χ0) is 10.2. The number of halogens is 3. The summed E-state index contributed by atoms with van der Waals surface area (Å²) in [7, 11) is 0. The Bertz CT molecular complexity index is 390. The fourth-order valence-electron chi connectivity index (χ4n) is 0.678. The summed E-state index contributed by atoms with van der Waals surface area (Å²) >= 11 is 16.8. The molecule has 0 fully saturated rings. The van der Waals surface area contributed by atoms with E-state index in [9.17, 15) is 9.59 Å². The first-order chi connectivity index (χ1) is 5.82. The molecule has 0 aliphatic heterocycles. The van der Waals surface area contributed by atoms with Crippen molar-refractivity contribution in [3.63, 3.8) is 0 Å². The maximum Gasteiger partial charge on any atom is 0.348 e. The zero-order valence-corrected chi connectivity index (χ0v) is 8.89. The van der Waals surface area contributed by atoms with Crippen LogP contribution < -0.4 is 4.87 Å². The van der Waals surface area contributed by atoms with Crippen LogP contribution in [0.3, 0.4) is 0 Å². The highest BCUT2D eigenvalue weighted by Crippen LogP contribution is 2.39. The Labute approximate surface area is 91.0 Å². The number of hydrogen-bond acceptors (Lipinski definition) is 3. The fourth-order valence-corrected chi connectivity index (χ4v) is 2.00. The van der Waals surface area contributed by atoms with Gasteiger partial charge in [0.05, 0.1) is 5.69 Å². The third-order valence-corrected chi connectivity index (χ3v) is 2.56. The smallest absolute Gasteiger partial charge is 0.348 e. The Kier molecular flexibility index (Phi) is 2.91. The average molecular weight is 263 g/mol. The molecule has 0 amide bonds. The second-order valence-corrected chi connectivity index (χ2v) is 5.29. The molecule has 1 rings (SSSR count). The Balaban J connectivity index is 3.36. The van der Waals surface area contributed by atoms with Crippen molar-refractivity contribution >= 4 is 52.1 Å². The van der Waals surface area contributed by atoms with Crippen molar-refractivity contribution in [1.29, 1.82) is 0 Å². The van der Waals surface area contributed by atoms with E-state index in [1.807, 2.05) is 0 Å². The summed E-state index contributed by atoms with van der Waals surface area (Å²) in [6.45, 7) is 0. The van der Waals surface area contributed by atoms with Crippen LogP contribution in [0.1, 0.15) is 15.4 Å². The highest BCUT2D eigenvalue weighted by molar-refractivity contribution is 7.11. The molecule has 0 bridgehead atoms. The van der Waals surface area contributed by atoms with E-state index in [4.69, 9.17) is 39.9 Å². The molecule has 0 spiro atoms. The lowest BCUT2D eigenvalue weighted by molar-refractivity contribution is 0.0701. The van der Waals surface area contributed by atoms with Gasteiger partial charge in [-0.15, -0.1) is 0 Å². The summed E-state index contributed by atoms with van der Waals surface area (Å²) in [6, 6.07) is 0. The van der Waals surface area contributed by atoms with Gasteiger partial charge in [-0.05, 0) is 0 Å². The molecular weight excluding hydrogens is 260 g/mol. The van der Waals surface area contributed by atoms with Gasteiger partial charge in [0.1, 0.15) is 4.88 Å². The van der Waals surface area contributed by atoms with E-state index in [2.05, 4.69) is 4.98 Å². The van der Waals surface area contributed by atoms with E-state index in [0.717, 1.165) is 0 Å². The van der Waals surface area contributed by atoms with E-state index >= 15 is 0 Å². The first-order valence-electron chi connectivity index (χ1n) is 2.86. The lowest BCUT2D eigenvalue weighted by Gasteiger charge is -2.08. The number of thiazole rings is 1. The second kappa shape index (κ2) is 3.49. The highest BCUT2D eigenvalue weighted by Gasteiger charge is 2.31. The number of carbonyl (C=O) groups is 1. The molecule has 0 saturated carbocycles. The molecule has 1 heterocycles. The molecule has 0 aliphatic carbocycles. The van der Waals surface area contributed by atoms with Crippen LogP contribution in [0.25, 0.3) is 0 Å². The van der Waals surface area contributed by atoms with Crippen molar-refractivity contribution in [2.24, 2.45) is 0 Å². The van der Waals surface area contributed by atoms with Gasteiger partial charge in [-0.3, -0.25) is 4.79 Å². The van der Waals surface area contributed by atoms with Gasteiger partial charge in [0.2, 0.25) is 3.79 Å². The maximum absolute atomic E-state index is 10.8. The predicted octanol–water partition coefficient (Wildman–Crippen LogP) is 1.96. The number of carboxylic acid groups (broad SMARTS) is 1. The minimum absolute atomic E-state index is 0.208. The van der Waals surface area contributed by atoms with Gasteiger partial charge in [-0.2, -0.15) is 0 Å². The van der Waals surface area contributed by atoms with Gasteiger partial charge in [-0.25, -0.2) is 4.79 Å². The third-order valence-electron chi connectivity index (χ3n) is 1.13. The van der Waals surface area contributed by atoms with Gasteiger partial charge in [0.15, 0.2) is 0 Å².